The summed E-state index contributed by atoms with van der Waals surface area (Å²) in [4.78, 5) is 2.21. The Kier molecular flexibility index (Phi) is 5.76. The van der Waals surface area contributed by atoms with E-state index in [0.717, 1.165) is 24.5 Å². The first-order valence-corrected chi connectivity index (χ1v) is 9.85. The van der Waals surface area contributed by atoms with Gasteiger partial charge in [-0.3, -0.25) is 0 Å². The van der Waals surface area contributed by atoms with E-state index in [9.17, 15) is 20.4 Å². The summed E-state index contributed by atoms with van der Waals surface area (Å²) < 4.78 is 11.5. The van der Waals surface area contributed by atoms with Crippen LogP contribution in [0.1, 0.15) is 22.8 Å². The van der Waals surface area contributed by atoms with Crippen LogP contribution in [0.3, 0.4) is 0 Å². The first kappa shape index (κ1) is 20.1. The minimum absolute atomic E-state index is 0.449. The number of hydrogen-bond donors (Lipinski definition) is 4. The Labute approximate surface area is 169 Å². The third-order valence-corrected chi connectivity index (χ3v) is 5.66. The topological polar surface area (TPSA) is 103 Å². The van der Waals surface area contributed by atoms with Crippen molar-refractivity contribution in [2.75, 3.05) is 24.7 Å². The van der Waals surface area contributed by atoms with Gasteiger partial charge in [0.1, 0.15) is 42.9 Å². The Bertz CT molecular complexity index is 840. The van der Waals surface area contributed by atoms with Crippen LogP contribution in [0.25, 0.3) is 0 Å². The minimum Gasteiger partial charge on any atom is -0.490 e. The van der Waals surface area contributed by atoms with Gasteiger partial charge in [0.05, 0.1) is 18.8 Å². The van der Waals surface area contributed by atoms with Gasteiger partial charge in [0, 0.05) is 6.54 Å². The summed E-state index contributed by atoms with van der Waals surface area (Å²) in [7, 11) is 0. The molecule has 156 valence electrons. The van der Waals surface area contributed by atoms with E-state index in [0.29, 0.717) is 12.2 Å². The molecule has 0 unspecified atom stereocenters. The maximum absolute atomic E-state index is 10.4. The number of rotatable bonds is 4. The van der Waals surface area contributed by atoms with Crippen molar-refractivity contribution in [2.45, 2.75) is 44.0 Å². The van der Waals surface area contributed by atoms with E-state index in [1.807, 2.05) is 12.1 Å². The Morgan fingerprint density at radius 1 is 1.00 bits per heavy atom. The lowest BCUT2D eigenvalue weighted by Gasteiger charge is -2.40. The van der Waals surface area contributed by atoms with Crippen molar-refractivity contribution in [3.63, 3.8) is 0 Å². The fraction of sp³-hybridized carbons (Fsp3) is 0.455. The highest BCUT2D eigenvalue weighted by Gasteiger charge is 2.44. The zero-order valence-corrected chi connectivity index (χ0v) is 16.3. The third-order valence-electron chi connectivity index (χ3n) is 5.66. The van der Waals surface area contributed by atoms with Crippen molar-refractivity contribution >= 4 is 5.69 Å². The molecular weight excluding hydrogens is 374 g/mol. The van der Waals surface area contributed by atoms with Crippen LogP contribution in [0, 0.1) is 6.92 Å². The molecule has 2 aromatic rings. The number of hydrogen-bond acceptors (Lipinski definition) is 7. The van der Waals surface area contributed by atoms with Gasteiger partial charge in [-0.25, -0.2) is 0 Å². The van der Waals surface area contributed by atoms with E-state index in [4.69, 9.17) is 9.47 Å². The molecule has 0 aliphatic carbocycles. The average molecular weight is 401 g/mol. The summed E-state index contributed by atoms with van der Waals surface area (Å²) in [6, 6.07) is 13.9. The molecule has 2 aliphatic heterocycles. The van der Waals surface area contributed by atoms with Crippen LogP contribution >= 0.6 is 0 Å². The second-order valence-corrected chi connectivity index (χ2v) is 7.73. The molecule has 7 nitrogen and oxygen atoms in total. The average Bonchev–Trinajstić information content (AvgIpc) is 2.74. The molecule has 1 saturated heterocycles. The number of ether oxygens (including phenoxy) is 2. The molecule has 0 aromatic heterocycles. The number of aliphatic hydroxyl groups is 4. The van der Waals surface area contributed by atoms with Crippen molar-refractivity contribution < 1.29 is 29.9 Å². The van der Waals surface area contributed by atoms with Gasteiger partial charge < -0.3 is 34.8 Å². The van der Waals surface area contributed by atoms with Gasteiger partial charge in [-0.15, -0.1) is 0 Å². The molecule has 0 spiro atoms. The monoisotopic (exact) mass is 401 g/mol. The second-order valence-electron chi connectivity index (χ2n) is 7.73. The fourth-order valence-corrected chi connectivity index (χ4v) is 3.92. The van der Waals surface area contributed by atoms with E-state index in [2.05, 4.69) is 36.1 Å². The summed E-state index contributed by atoms with van der Waals surface area (Å²) in [6.07, 6.45) is -5.87. The van der Waals surface area contributed by atoms with Crippen molar-refractivity contribution in [2.24, 2.45) is 0 Å². The van der Waals surface area contributed by atoms with Crippen LogP contribution < -0.4 is 9.64 Å². The largest absolute Gasteiger partial charge is 0.490 e. The predicted molar refractivity (Wildman–Crippen MR) is 107 cm³/mol. The number of nitrogens with zero attached hydrogens (tertiary/aromatic N) is 1. The van der Waals surface area contributed by atoms with Crippen LogP contribution in [0.4, 0.5) is 5.69 Å². The van der Waals surface area contributed by atoms with Crippen LogP contribution in [0.5, 0.6) is 5.75 Å². The number of aliphatic hydroxyl groups excluding tert-OH is 4. The van der Waals surface area contributed by atoms with Crippen LogP contribution in [-0.2, 0) is 11.3 Å². The van der Waals surface area contributed by atoms with E-state index in [1.165, 1.54) is 11.1 Å². The molecule has 4 N–H and O–H groups in total. The standard InChI is InChI=1S/C22H27NO6/c1-13-2-4-14(5-3-13)11-23-8-9-28-17-7-6-15(10-16(17)23)22-21(27)20(26)19(25)18(12-24)29-22/h2-7,10,18-22,24-27H,8-9,11-12H2,1H3/t18-,19-,20+,21-,22+/m1/s1. The Balaban J connectivity index is 1.61. The molecular formula is C22H27NO6. The molecule has 2 aromatic carbocycles. The molecule has 0 saturated carbocycles. The van der Waals surface area contributed by atoms with Gasteiger partial charge >= 0.3 is 0 Å². The number of fused-ring (bicyclic) bond motifs is 1. The normalized spacial score (nSPS) is 29.3. The summed E-state index contributed by atoms with van der Waals surface area (Å²) in [5.74, 6) is 0.747. The molecule has 0 radical (unpaired) electrons. The van der Waals surface area contributed by atoms with Crippen LogP contribution in [0.2, 0.25) is 0 Å². The summed E-state index contributed by atoms with van der Waals surface area (Å²) in [6.45, 7) is 3.63. The van der Waals surface area contributed by atoms with E-state index >= 15 is 0 Å². The van der Waals surface area contributed by atoms with Gasteiger partial charge in [0.25, 0.3) is 0 Å². The van der Waals surface area contributed by atoms with E-state index in [1.54, 1.807) is 6.07 Å². The summed E-state index contributed by atoms with van der Waals surface area (Å²) in [5.41, 5.74) is 3.93. The van der Waals surface area contributed by atoms with Crippen LogP contribution in [0.15, 0.2) is 42.5 Å². The summed E-state index contributed by atoms with van der Waals surface area (Å²) >= 11 is 0. The lowest BCUT2D eigenvalue weighted by Crippen LogP contribution is -2.55. The van der Waals surface area contributed by atoms with Gasteiger partial charge in [-0.2, -0.15) is 0 Å². The maximum atomic E-state index is 10.4. The molecule has 0 bridgehead atoms. The van der Waals surface area contributed by atoms with Crippen molar-refractivity contribution in [1.29, 1.82) is 0 Å². The van der Waals surface area contributed by atoms with Gasteiger partial charge in [-0.05, 0) is 30.2 Å². The Morgan fingerprint density at radius 3 is 2.48 bits per heavy atom. The smallest absolute Gasteiger partial charge is 0.142 e. The highest BCUT2D eigenvalue weighted by Crippen LogP contribution is 2.39. The van der Waals surface area contributed by atoms with Crippen molar-refractivity contribution in [3.05, 3.63) is 59.2 Å². The molecule has 4 rings (SSSR count). The number of anilines is 1. The Hall–Kier alpha value is -2.16. The highest BCUT2D eigenvalue weighted by atomic mass is 16.5. The molecule has 29 heavy (non-hydrogen) atoms. The molecule has 5 atom stereocenters. The minimum atomic E-state index is -1.40. The highest BCUT2D eigenvalue weighted by molar-refractivity contribution is 5.62. The first-order chi connectivity index (χ1) is 14.0. The molecule has 7 heteroatoms. The fourth-order valence-electron chi connectivity index (χ4n) is 3.92. The molecule has 0 amide bonds. The molecule has 2 aliphatic rings. The van der Waals surface area contributed by atoms with Crippen LogP contribution in [-0.4, -0.2) is 64.6 Å². The van der Waals surface area contributed by atoms with Crippen molar-refractivity contribution in [3.8, 4) is 5.75 Å². The quantitative estimate of drug-likeness (QED) is 0.604. The van der Waals surface area contributed by atoms with Gasteiger partial charge in [0.15, 0.2) is 0 Å². The van der Waals surface area contributed by atoms with E-state index < -0.39 is 37.1 Å². The zero-order chi connectivity index (χ0) is 20.5. The molecule has 2 heterocycles. The number of aryl methyl sites for hydroxylation is 1. The first-order valence-electron chi connectivity index (χ1n) is 9.85. The summed E-state index contributed by atoms with van der Waals surface area (Å²) in [5, 5.41) is 40.0. The van der Waals surface area contributed by atoms with E-state index in [-0.39, 0.29) is 0 Å². The SMILES string of the molecule is Cc1ccc(CN2CCOc3ccc([C@@H]4O[C@H](CO)[C@@H](O)[C@H](O)[C@H]4O)cc32)cc1. The second kappa shape index (κ2) is 8.30. The van der Waals surface area contributed by atoms with Crippen molar-refractivity contribution in [1.82, 2.24) is 0 Å². The van der Waals surface area contributed by atoms with Gasteiger partial charge in [0.2, 0.25) is 0 Å². The van der Waals surface area contributed by atoms with Gasteiger partial charge in [-0.1, -0.05) is 35.9 Å². The predicted octanol–water partition coefficient (Wildman–Crippen LogP) is 0.909. The Morgan fingerprint density at radius 2 is 1.76 bits per heavy atom. The maximum Gasteiger partial charge on any atom is 0.142 e. The lowest BCUT2D eigenvalue weighted by atomic mass is 9.91. The zero-order valence-electron chi connectivity index (χ0n) is 16.3. The third kappa shape index (κ3) is 3.97. The lowest BCUT2D eigenvalue weighted by molar-refractivity contribution is -0.231. The molecule has 1 fully saturated rings. The number of benzene rings is 2.